The van der Waals surface area contributed by atoms with Gasteiger partial charge in [-0.1, -0.05) is 18.5 Å². The maximum Gasteiger partial charge on any atom is 0.287 e. The van der Waals surface area contributed by atoms with Gasteiger partial charge < -0.3 is 15.1 Å². The molecule has 0 saturated carbocycles. The van der Waals surface area contributed by atoms with E-state index in [1.54, 1.807) is 12.1 Å². The molecule has 0 aliphatic carbocycles. The second-order valence-electron chi connectivity index (χ2n) is 4.31. The van der Waals surface area contributed by atoms with Gasteiger partial charge in [0.2, 0.25) is 0 Å². The van der Waals surface area contributed by atoms with Crippen LogP contribution in [0.1, 0.15) is 23.0 Å². The number of benzene rings is 1. The number of carbonyl (C=O) groups excluding carboxylic acids is 1. The van der Waals surface area contributed by atoms with Gasteiger partial charge in [0.05, 0.1) is 0 Å². The molecular weight excluding hydrogens is 299 g/mol. The van der Waals surface area contributed by atoms with E-state index in [1.807, 2.05) is 19.9 Å². The Morgan fingerprint density at radius 2 is 2.10 bits per heavy atom. The number of aryl methyl sites for hydroxylation is 1. The maximum absolute atomic E-state index is 12.0. The van der Waals surface area contributed by atoms with Gasteiger partial charge in [-0.15, -0.1) is 12.4 Å². The molecule has 6 heteroatoms. The monoisotopic (exact) mass is 316 g/mol. The summed E-state index contributed by atoms with van der Waals surface area (Å²) in [4.78, 5) is 12.0. The Kier molecular flexibility index (Phi) is 6.33. The SMILES string of the molecule is CCNCCNC(=O)c1oc2ccc(Cl)cc2c1C.Cl. The number of likely N-dealkylation sites (N-methyl/N-ethyl adjacent to an activating group) is 1. The minimum absolute atomic E-state index is 0. The van der Waals surface area contributed by atoms with Gasteiger partial charge in [-0.25, -0.2) is 0 Å². The molecule has 0 fully saturated rings. The van der Waals surface area contributed by atoms with Crippen molar-refractivity contribution in [1.82, 2.24) is 10.6 Å². The van der Waals surface area contributed by atoms with Gasteiger partial charge in [-0.05, 0) is 31.7 Å². The zero-order valence-electron chi connectivity index (χ0n) is 11.5. The number of rotatable bonds is 5. The Morgan fingerprint density at radius 1 is 1.35 bits per heavy atom. The predicted molar refractivity (Wildman–Crippen MR) is 84.1 cm³/mol. The van der Waals surface area contributed by atoms with E-state index < -0.39 is 0 Å². The van der Waals surface area contributed by atoms with Crippen molar-refractivity contribution in [3.05, 3.63) is 34.5 Å². The highest BCUT2D eigenvalue weighted by Gasteiger charge is 2.17. The lowest BCUT2D eigenvalue weighted by Gasteiger charge is -2.03. The van der Waals surface area contributed by atoms with E-state index in [2.05, 4.69) is 10.6 Å². The zero-order chi connectivity index (χ0) is 13.8. The Labute approximate surface area is 129 Å². The molecule has 0 aliphatic heterocycles. The fraction of sp³-hybridized carbons (Fsp3) is 0.357. The summed E-state index contributed by atoms with van der Waals surface area (Å²) in [5, 5.41) is 7.48. The first-order chi connectivity index (χ1) is 9.13. The Morgan fingerprint density at radius 3 is 2.80 bits per heavy atom. The Bertz CT molecular complexity index is 596. The molecule has 2 N–H and O–H groups in total. The number of furan rings is 1. The van der Waals surface area contributed by atoms with E-state index in [4.69, 9.17) is 16.0 Å². The standard InChI is InChI=1S/C14H17ClN2O2.ClH/c1-3-16-6-7-17-14(18)13-9(2)11-8-10(15)4-5-12(11)19-13;/h4-5,8,16H,3,6-7H2,1-2H3,(H,17,18);1H. The number of halogens is 2. The van der Waals surface area contributed by atoms with Crippen LogP contribution >= 0.6 is 24.0 Å². The molecule has 0 aliphatic rings. The van der Waals surface area contributed by atoms with Crippen LogP contribution in [0.4, 0.5) is 0 Å². The van der Waals surface area contributed by atoms with E-state index in [0.717, 1.165) is 24.0 Å². The summed E-state index contributed by atoms with van der Waals surface area (Å²) in [6.07, 6.45) is 0. The molecule has 1 aromatic heterocycles. The number of hydrogen-bond donors (Lipinski definition) is 2. The number of amides is 1. The van der Waals surface area contributed by atoms with Crippen LogP contribution in [0.15, 0.2) is 22.6 Å². The van der Waals surface area contributed by atoms with Crippen molar-refractivity contribution >= 4 is 40.9 Å². The molecule has 0 saturated heterocycles. The maximum atomic E-state index is 12.0. The largest absolute Gasteiger partial charge is 0.451 e. The number of carbonyl (C=O) groups is 1. The molecule has 0 atom stereocenters. The van der Waals surface area contributed by atoms with Gasteiger partial charge in [0.1, 0.15) is 5.58 Å². The third-order valence-corrected chi connectivity index (χ3v) is 3.18. The second kappa shape index (κ2) is 7.53. The highest BCUT2D eigenvalue weighted by atomic mass is 35.5. The molecule has 2 aromatic rings. The van der Waals surface area contributed by atoms with E-state index in [9.17, 15) is 4.79 Å². The normalized spacial score (nSPS) is 10.3. The van der Waals surface area contributed by atoms with Crippen molar-refractivity contribution in [2.45, 2.75) is 13.8 Å². The smallest absolute Gasteiger partial charge is 0.287 e. The first-order valence-electron chi connectivity index (χ1n) is 6.31. The molecular formula is C14H18Cl2N2O2. The molecule has 0 radical (unpaired) electrons. The van der Waals surface area contributed by atoms with Gasteiger partial charge >= 0.3 is 0 Å². The molecule has 2 rings (SSSR count). The molecule has 4 nitrogen and oxygen atoms in total. The third-order valence-electron chi connectivity index (χ3n) is 2.94. The van der Waals surface area contributed by atoms with E-state index in [0.29, 0.717) is 22.9 Å². The zero-order valence-corrected chi connectivity index (χ0v) is 13.0. The lowest BCUT2D eigenvalue weighted by atomic mass is 10.1. The molecule has 0 bridgehead atoms. The lowest BCUT2D eigenvalue weighted by molar-refractivity contribution is 0.0927. The van der Waals surface area contributed by atoms with Crippen LogP contribution in [0.25, 0.3) is 11.0 Å². The quantitative estimate of drug-likeness (QED) is 0.833. The number of fused-ring (bicyclic) bond motifs is 1. The van der Waals surface area contributed by atoms with Crippen molar-refractivity contribution in [2.24, 2.45) is 0 Å². The fourth-order valence-electron chi connectivity index (χ4n) is 1.93. The summed E-state index contributed by atoms with van der Waals surface area (Å²) in [5.41, 5.74) is 1.50. The summed E-state index contributed by atoms with van der Waals surface area (Å²) in [6, 6.07) is 5.34. The Balaban J connectivity index is 0.00000200. The van der Waals surface area contributed by atoms with Crippen molar-refractivity contribution in [3.8, 4) is 0 Å². The van der Waals surface area contributed by atoms with Gasteiger partial charge in [0, 0.05) is 29.1 Å². The summed E-state index contributed by atoms with van der Waals surface area (Å²) in [7, 11) is 0. The highest BCUT2D eigenvalue weighted by molar-refractivity contribution is 6.31. The Hall–Kier alpha value is -1.23. The van der Waals surface area contributed by atoms with Crippen molar-refractivity contribution in [1.29, 1.82) is 0 Å². The first-order valence-corrected chi connectivity index (χ1v) is 6.69. The average Bonchev–Trinajstić information content (AvgIpc) is 2.72. The second-order valence-corrected chi connectivity index (χ2v) is 4.74. The van der Waals surface area contributed by atoms with Crippen molar-refractivity contribution in [3.63, 3.8) is 0 Å². The summed E-state index contributed by atoms with van der Waals surface area (Å²) in [5.74, 6) is 0.163. The van der Waals surface area contributed by atoms with Crippen LogP contribution < -0.4 is 10.6 Å². The fourth-order valence-corrected chi connectivity index (χ4v) is 2.10. The van der Waals surface area contributed by atoms with Crippen LogP contribution in [0.2, 0.25) is 5.02 Å². The summed E-state index contributed by atoms with van der Waals surface area (Å²) < 4.78 is 5.58. The first kappa shape index (κ1) is 16.8. The predicted octanol–water partition coefficient (Wildman–Crippen LogP) is 3.16. The molecule has 110 valence electrons. The van der Waals surface area contributed by atoms with E-state index >= 15 is 0 Å². The number of nitrogens with one attached hydrogen (secondary N) is 2. The van der Waals surface area contributed by atoms with Gasteiger partial charge in [-0.2, -0.15) is 0 Å². The molecule has 1 heterocycles. The van der Waals surface area contributed by atoms with Gasteiger partial charge in [-0.3, -0.25) is 4.79 Å². The van der Waals surface area contributed by atoms with Crippen LogP contribution in [0, 0.1) is 6.92 Å². The summed E-state index contributed by atoms with van der Waals surface area (Å²) >= 11 is 5.95. The van der Waals surface area contributed by atoms with Crippen molar-refractivity contribution < 1.29 is 9.21 Å². The van der Waals surface area contributed by atoms with Crippen LogP contribution in [0.3, 0.4) is 0 Å². The summed E-state index contributed by atoms with van der Waals surface area (Å²) in [6.45, 7) is 6.09. The minimum Gasteiger partial charge on any atom is -0.451 e. The topological polar surface area (TPSA) is 54.3 Å². The molecule has 1 aromatic carbocycles. The van der Waals surface area contributed by atoms with Crippen LogP contribution in [-0.4, -0.2) is 25.5 Å². The lowest BCUT2D eigenvalue weighted by Crippen LogP contribution is -2.31. The number of hydrogen-bond acceptors (Lipinski definition) is 3. The van der Waals surface area contributed by atoms with Crippen LogP contribution in [0.5, 0.6) is 0 Å². The van der Waals surface area contributed by atoms with Gasteiger partial charge in [0.15, 0.2) is 5.76 Å². The highest BCUT2D eigenvalue weighted by Crippen LogP contribution is 2.27. The molecule has 1 amide bonds. The van der Waals surface area contributed by atoms with Gasteiger partial charge in [0.25, 0.3) is 5.91 Å². The van der Waals surface area contributed by atoms with Crippen LogP contribution in [-0.2, 0) is 0 Å². The molecule has 0 unspecified atom stereocenters. The molecule has 0 spiro atoms. The minimum atomic E-state index is -0.192. The molecule has 20 heavy (non-hydrogen) atoms. The van der Waals surface area contributed by atoms with E-state index in [-0.39, 0.29) is 18.3 Å². The average molecular weight is 317 g/mol. The van der Waals surface area contributed by atoms with E-state index in [1.165, 1.54) is 0 Å². The van der Waals surface area contributed by atoms with Crippen molar-refractivity contribution in [2.75, 3.05) is 19.6 Å². The third kappa shape index (κ3) is 3.66.